The second-order valence-corrected chi connectivity index (χ2v) is 8.01. The minimum absolute atomic E-state index is 0.00817. The number of benzene rings is 2. The lowest BCUT2D eigenvalue weighted by atomic mass is 10.1. The molecule has 0 aliphatic carbocycles. The molecule has 7 nitrogen and oxygen atoms in total. The van der Waals surface area contributed by atoms with E-state index in [0.29, 0.717) is 15.5 Å². The molecule has 0 atom stereocenters. The molecule has 1 N–H and O–H groups in total. The van der Waals surface area contributed by atoms with Gasteiger partial charge in [0.15, 0.2) is 5.65 Å². The van der Waals surface area contributed by atoms with Crippen LogP contribution in [0.15, 0.2) is 75.4 Å². The number of alkyl halides is 3. The number of carbonyl (C=O) groups excluding carboxylic acids is 1. The number of hydrogen-bond donors (Lipinski definition) is 1. The Morgan fingerprint density at radius 2 is 1.79 bits per heavy atom. The predicted octanol–water partition coefficient (Wildman–Crippen LogP) is 3.52. The molecule has 0 saturated carbocycles. The molecule has 170 valence electrons. The van der Waals surface area contributed by atoms with Crippen LogP contribution in [0.5, 0.6) is 0 Å². The molecule has 0 saturated heterocycles. The summed E-state index contributed by atoms with van der Waals surface area (Å²) in [5.41, 5.74) is -0.730. The third-order valence-corrected chi connectivity index (χ3v) is 5.42. The maximum Gasteiger partial charge on any atom is 0.416 e. The highest BCUT2D eigenvalue weighted by molar-refractivity contribution is 7.99. The van der Waals surface area contributed by atoms with Gasteiger partial charge in [-0.3, -0.25) is 4.79 Å². The Balaban J connectivity index is 1.42. The molecule has 0 aliphatic heterocycles. The van der Waals surface area contributed by atoms with E-state index >= 15 is 0 Å². The minimum atomic E-state index is -4.43. The molecular formula is C21H15F4N5O2S. The molecular weight excluding hydrogens is 462 g/mol. The number of nitrogens with zero attached hydrogens (tertiary/aromatic N) is 4. The number of fused-ring (bicyclic) bond motifs is 1. The third kappa shape index (κ3) is 5.40. The van der Waals surface area contributed by atoms with Gasteiger partial charge in [0.1, 0.15) is 17.4 Å². The maximum atomic E-state index is 13.4. The zero-order valence-electron chi connectivity index (χ0n) is 16.7. The molecule has 2 aromatic heterocycles. The minimum Gasteiger partial charge on any atom is -0.350 e. The highest BCUT2D eigenvalue weighted by Gasteiger charge is 2.29. The van der Waals surface area contributed by atoms with Gasteiger partial charge in [0.2, 0.25) is 5.91 Å². The predicted molar refractivity (Wildman–Crippen MR) is 111 cm³/mol. The molecule has 33 heavy (non-hydrogen) atoms. The van der Waals surface area contributed by atoms with Crippen LogP contribution >= 0.6 is 11.8 Å². The lowest BCUT2D eigenvalue weighted by Gasteiger charge is -2.08. The average molecular weight is 477 g/mol. The topological polar surface area (TPSA) is 81.3 Å². The summed E-state index contributed by atoms with van der Waals surface area (Å²) in [6.45, 7) is -0.402. The Kier molecular flexibility index (Phi) is 6.18. The van der Waals surface area contributed by atoms with Crippen LogP contribution in [0.25, 0.3) is 5.65 Å². The van der Waals surface area contributed by atoms with E-state index in [0.717, 1.165) is 33.1 Å². The Hall–Kier alpha value is -3.67. The highest BCUT2D eigenvalue weighted by Crippen LogP contribution is 2.29. The van der Waals surface area contributed by atoms with E-state index in [1.54, 1.807) is 24.3 Å². The number of halogens is 4. The zero-order chi connectivity index (χ0) is 23.6. The molecule has 2 aromatic carbocycles. The van der Waals surface area contributed by atoms with E-state index in [9.17, 15) is 27.2 Å². The largest absolute Gasteiger partial charge is 0.416 e. The van der Waals surface area contributed by atoms with Crippen LogP contribution in [-0.2, 0) is 24.1 Å². The van der Waals surface area contributed by atoms with Crippen molar-refractivity contribution < 1.29 is 22.4 Å². The molecule has 4 aromatic rings. The summed E-state index contributed by atoms with van der Waals surface area (Å²) < 4.78 is 53.2. The molecule has 0 spiro atoms. The molecule has 12 heteroatoms. The molecule has 4 rings (SSSR count). The van der Waals surface area contributed by atoms with Gasteiger partial charge in [-0.25, -0.2) is 13.9 Å². The molecule has 0 radical (unpaired) electrons. The molecule has 0 bridgehead atoms. The van der Waals surface area contributed by atoms with Crippen LogP contribution in [-0.4, -0.2) is 25.3 Å². The quantitative estimate of drug-likeness (QED) is 0.430. The Labute approximate surface area is 188 Å². The fraction of sp³-hybridized carbons (Fsp3) is 0.143. The van der Waals surface area contributed by atoms with Gasteiger partial charge >= 0.3 is 11.9 Å². The van der Waals surface area contributed by atoms with Crippen LogP contribution < -0.4 is 11.0 Å². The van der Waals surface area contributed by atoms with Gasteiger partial charge < -0.3 is 5.32 Å². The Bertz CT molecular complexity index is 1370. The van der Waals surface area contributed by atoms with E-state index in [1.807, 2.05) is 0 Å². The second kappa shape index (κ2) is 9.06. The molecule has 0 unspecified atom stereocenters. The molecule has 2 heterocycles. The molecule has 0 aliphatic rings. The van der Waals surface area contributed by atoms with Crippen LogP contribution in [0.1, 0.15) is 11.1 Å². The first-order chi connectivity index (χ1) is 15.7. The van der Waals surface area contributed by atoms with Crippen molar-refractivity contribution in [1.29, 1.82) is 0 Å². The van der Waals surface area contributed by atoms with E-state index in [1.165, 1.54) is 24.3 Å². The van der Waals surface area contributed by atoms with Gasteiger partial charge in [-0.05, 0) is 48.0 Å². The maximum absolute atomic E-state index is 13.4. The van der Waals surface area contributed by atoms with Gasteiger partial charge in [0.25, 0.3) is 0 Å². The number of rotatable bonds is 6. The van der Waals surface area contributed by atoms with E-state index in [4.69, 9.17) is 0 Å². The Morgan fingerprint density at radius 1 is 1.03 bits per heavy atom. The average Bonchev–Trinajstić information content (AvgIpc) is 3.07. The fourth-order valence-corrected chi connectivity index (χ4v) is 3.72. The van der Waals surface area contributed by atoms with E-state index in [-0.39, 0.29) is 12.2 Å². The molecule has 1 amide bonds. The van der Waals surface area contributed by atoms with Crippen LogP contribution in [0.4, 0.5) is 17.6 Å². The molecule has 0 fully saturated rings. The number of hydrogen-bond acceptors (Lipinski definition) is 5. The summed E-state index contributed by atoms with van der Waals surface area (Å²) in [5.74, 6) is -0.942. The van der Waals surface area contributed by atoms with Crippen LogP contribution in [0.2, 0.25) is 0 Å². The van der Waals surface area contributed by atoms with Crippen molar-refractivity contribution in [3.63, 3.8) is 0 Å². The van der Waals surface area contributed by atoms with Gasteiger partial charge in [-0.1, -0.05) is 30.0 Å². The highest BCUT2D eigenvalue weighted by atomic mass is 32.2. The first-order valence-corrected chi connectivity index (χ1v) is 10.3. The summed E-state index contributed by atoms with van der Waals surface area (Å²) in [6, 6.07) is 13.5. The second-order valence-electron chi connectivity index (χ2n) is 6.91. The van der Waals surface area contributed by atoms with Crippen molar-refractivity contribution in [3.05, 3.63) is 88.1 Å². The van der Waals surface area contributed by atoms with Crippen LogP contribution in [0, 0.1) is 5.82 Å². The van der Waals surface area contributed by atoms with Gasteiger partial charge in [-0.2, -0.15) is 22.8 Å². The van der Waals surface area contributed by atoms with E-state index in [2.05, 4.69) is 15.5 Å². The van der Waals surface area contributed by atoms with Crippen molar-refractivity contribution in [1.82, 2.24) is 24.7 Å². The summed E-state index contributed by atoms with van der Waals surface area (Å²) in [6.07, 6.45) is -4.43. The number of amides is 1. The summed E-state index contributed by atoms with van der Waals surface area (Å²) in [7, 11) is 0. The van der Waals surface area contributed by atoms with Crippen molar-refractivity contribution in [3.8, 4) is 0 Å². The SMILES string of the molecule is O=C(Cn1nc2ccc(Sc3cccc(F)c3)nn2c1=O)NCc1ccc(C(F)(F)F)cc1. The fourth-order valence-electron chi connectivity index (χ4n) is 2.90. The zero-order valence-corrected chi connectivity index (χ0v) is 17.5. The number of aromatic nitrogens is 4. The lowest BCUT2D eigenvalue weighted by Crippen LogP contribution is -2.32. The lowest BCUT2D eigenvalue weighted by molar-refractivity contribution is -0.137. The van der Waals surface area contributed by atoms with Crippen molar-refractivity contribution in [2.75, 3.05) is 0 Å². The third-order valence-electron chi connectivity index (χ3n) is 4.50. The monoisotopic (exact) mass is 477 g/mol. The van der Waals surface area contributed by atoms with Crippen LogP contribution in [0.3, 0.4) is 0 Å². The van der Waals surface area contributed by atoms with Gasteiger partial charge in [-0.15, -0.1) is 5.10 Å². The smallest absolute Gasteiger partial charge is 0.350 e. The first kappa shape index (κ1) is 22.5. The summed E-state index contributed by atoms with van der Waals surface area (Å²) >= 11 is 1.16. The van der Waals surface area contributed by atoms with Gasteiger partial charge in [0.05, 0.1) is 5.56 Å². The van der Waals surface area contributed by atoms with E-state index < -0.39 is 35.7 Å². The van der Waals surface area contributed by atoms with Gasteiger partial charge in [0, 0.05) is 11.4 Å². The number of nitrogens with one attached hydrogen (secondary N) is 1. The standard InChI is InChI=1S/C21H15F4N5O2S/c22-15-2-1-3-16(10-15)33-19-9-8-17-27-29(20(32)30(17)28-19)12-18(31)26-11-13-4-6-14(7-5-13)21(23,24)25/h1-10H,11-12H2,(H,26,31). The number of carbonyl (C=O) groups is 1. The summed E-state index contributed by atoms with van der Waals surface area (Å²) in [4.78, 5) is 25.4. The normalized spacial score (nSPS) is 11.6. The summed E-state index contributed by atoms with van der Waals surface area (Å²) in [5, 5.41) is 11.2. The van der Waals surface area contributed by atoms with Crippen molar-refractivity contribution in [2.45, 2.75) is 29.2 Å². The van der Waals surface area contributed by atoms with Crippen molar-refractivity contribution >= 4 is 23.3 Å². The Morgan fingerprint density at radius 3 is 2.48 bits per heavy atom. The van der Waals surface area contributed by atoms with Crippen molar-refractivity contribution in [2.24, 2.45) is 0 Å². The first-order valence-electron chi connectivity index (χ1n) is 9.52.